The molecule has 1 aromatic carbocycles. The molecule has 1 saturated heterocycles. The Hall–Kier alpha value is -1.39. The number of likely N-dealkylation sites (tertiary alicyclic amines) is 1. The lowest BCUT2D eigenvalue weighted by molar-refractivity contribution is -0.136. The Bertz CT molecular complexity index is 516. The van der Waals surface area contributed by atoms with Gasteiger partial charge in [-0.1, -0.05) is 44.2 Å². The smallest absolute Gasteiger partial charge is 0.239 e. The Morgan fingerprint density at radius 1 is 1.12 bits per heavy atom. The molecule has 24 heavy (non-hydrogen) atoms. The molecule has 0 radical (unpaired) electrons. The van der Waals surface area contributed by atoms with Crippen LogP contribution < -0.4 is 5.32 Å². The molecule has 0 unspecified atom stereocenters. The molecule has 0 bridgehead atoms. The summed E-state index contributed by atoms with van der Waals surface area (Å²) in [6.07, 6.45) is 3.38. The molecule has 2 atom stereocenters. The fourth-order valence-electron chi connectivity index (χ4n) is 3.39. The van der Waals surface area contributed by atoms with Gasteiger partial charge in [0.1, 0.15) is 0 Å². The zero-order valence-corrected chi connectivity index (χ0v) is 15.5. The molecule has 0 saturated carbocycles. The number of carbonyl (C=O) groups is 1. The Morgan fingerprint density at radius 2 is 1.71 bits per heavy atom. The first-order valence-electron chi connectivity index (χ1n) is 9.13. The van der Waals surface area contributed by atoms with Crippen LogP contribution in [0.3, 0.4) is 0 Å². The highest BCUT2D eigenvalue weighted by atomic mass is 16.3. The molecule has 2 rings (SSSR count). The van der Waals surface area contributed by atoms with Gasteiger partial charge < -0.3 is 10.0 Å². The van der Waals surface area contributed by atoms with Crippen LogP contribution in [-0.4, -0.2) is 40.6 Å². The van der Waals surface area contributed by atoms with Crippen molar-refractivity contribution in [3.63, 3.8) is 0 Å². The lowest BCUT2D eigenvalue weighted by Gasteiger charge is -2.38. The summed E-state index contributed by atoms with van der Waals surface area (Å²) in [6, 6.07) is 9.30. The van der Waals surface area contributed by atoms with E-state index in [-0.39, 0.29) is 23.9 Å². The number of hydrogen-bond donors (Lipinski definition) is 2. The summed E-state index contributed by atoms with van der Waals surface area (Å²) in [7, 11) is 0. The zero-order chi connectivity index (χ0) is 17.7. The van der Waals surface area contributed by atoms with Crippen molar-refractivity contribution in [2.45, 2.75) is 64.6 Å². The molecular formula is C20H32N2O2. The molecule has 1 aliphatic heterocycles. The molecule has 2 N–H and O–H groups in total. The lowest BCUT2D eigenvalue weighted by atomic mass is 9.89. The zero-order valence-electron chi connectivity index (χ0n) is 15.5. The van der Waals surface area contributed by atoms with Crippen LogP contribution in [0.1, 0.15) is 58.6 Å². The van der Waals surface area contributed by atoms with Gasteiger partial charge in [0.25, 0.3) is 0 Å². The normalized spacial score (nSPS) is 18.5. The van der Waals surface area contributed by atoms with Crippen LogP contribution in [0.25, 0.3) is 0 Å². The second-order valence-electron chi connectivity index (χ2n) is 7.77. The third kappa shape index (κ3) is 4.81. The van der Waals surface area contributed by atoms with Crippen LogP contribution >= 0.6 is 0 Å². The number of aliphatic hydroxyl groups is 1. The van der Waals surface area contributed by atoms with Crippen molar-refractivity contribution in [2.24, 2.45) is 5.92 Å². The maximum atomic E-state index is 13.0. The molecular weight excluding hydrogens is 300 g/mol. The van der Waals surface area contributed by atoms with E-state index in [1.54, 1.807) is 13.8 Å². The van der Waals surface area contributed by atoms with Gasteiger partial charge in [0.2, 0.25) is 5.91 Å². The molecule has 1 fully saturated rings. The van der Waals surface area contributed by atoms with Crippen LogP contribution in [0, 0.1) is 5.92 Å². The van der Waals surface area contributed by atoms with Gasteiger partial charge in [-0.15, -0.1) is 0 Å². The Labute approximate surface area is 146 Å². The van der Waals surface area contributed by atoms with Gasteiger partial charge in [0, 0.05) is 13.1 Å². The predicted molar refractivity (Wildman–Crippen MR) is 97.7 cm³/mol. The van der Waals surface area contributed by atoms with E-state index in [9.17, 15) is 9.90 Å². The Kier molecular flexibility index (Phi) is 6.41. The third-order valence-electron chi connectivity index (χ3n) is 4.79. The minimum atomic E-state index is -0.962. The van der Waals surface area contributed by atoms with E-state index in [1.807, 2.05) is 35.2 Å². The number of hydrogen-bond acceptors (Lipinski definition) is 3. The van der Waals surface area contributed by atoms with Crippen molar-refractivity contribution >= 4 is 5.91 Å². The second-order valence-corrected chi connectivity index (χ2v) is 7.77. The fourth-order valence-corrected chi connectivity index (χ4v) is 3.39. The minimum absolute atomic E-state index is 0.160. The number of nitrogens with zero attached hydrogens (tertiary/aromatic N) is 1. The van der Waals surface area contributed by atoms with E-state index in [0.717, 1.165) is 31.5 Å². The van der Waals surface area contributed by atoms with Crippen molar-refractivity contribution in [1.29, 1.82) is 0 Å². The molecule has 1 aromatic rings. The largest absolute Gasteiger partial charge is 0.388 e. The monoisotopic (exact) mass is 332 g/mol. The average molecular weight is 332 g/mol. The summed E-state index contributed by atoms with van der Waals surface area (Å²) in [6.45, 7) is 9.41. The summed E-state index contributed by atoms with van der Waals surface area (Å²) >= 11 is 0. The molecule has 0 aromatic heterocycles. The molecule has 4 nitrogen and oxygen atoms in total. The summed E-state index contributed by atoms with van der Waals surface area (Å²) in [5.41, 5.74) is 0.0403. The van der Waals surface area contributed by atoms with Crippen LogP contribution in [-0.2, 0) is 4.79 Å². The van der Waals surface area contributed by atoms with E-state index < -0.39 is 5.60 Å². The van der Waals surface area contributed by atoms with E-state index in [2.05, 4.69) is 19.2 Å². The lowest BCUT2D eigenvalue weighted by Crippen LogP contribution is -2.54. The first kappa shape index (κ1) is 18.9. The highest BCUT2D eigenvalue weighted by molar-refractivity contribution is 5.82. The highest BCUT2D eigenvalue weighted by Gasteiger charge is 2.35. The van der Waals surface area contributed by atoms with E-state index in [4.69, 9.17) is 0 Å². The minimum Gasteiger partial charge on any atom is -0.388 e. The fraction of sp³-hybridized carbons (Fsp3) is 0.650. The number of nitrogens with one attached hydrogen (secondary N) is 1. The van der Waals surface area contributed by atoms with Gasteiger partial charge in [0.05, 0.1) is 17.7 Å². The summed E-state index contributed by atoms with van der Waals surface area (Å²) in [4.78, 5) is 15.0. The molecule has 0 aliphatic carbocycles. The van der Waals surface area contributed by atoms with Gasteiger partial charge in [-0.25, -0.2) is 0 Å². The van der Waals surface area contributed by atoms with Crippen molar-refractivity contribution in [1.82, 2.24) is 10.2 Å². The van der Waals surface area contributed by atoms with Crippen molar-refractivity contribution in [3.8, 4) is 0 Å². The molecule has 134 valence electrons. The maximum Gasteiger partial charge on any atom is 0.239 e. The van der Waals surface area contributed by atoms with E-state index in [1.165, 1.54) is 6.42 Å². The summed E-state index contributed by atoms with van der Waals surface area (Å²) in [5.74, 6) is 0.322. The molecule has 1 amide bonds. The topological polar surface area (TPSA) is 52.6 Å². The highest BCUT2D eigenvalue weighted by Crippen LogP contribution is 2.27. The quantitative estimate of drug-likeness (QED) is 0.841. The first-order valence-corrected chi connectivity index (χ1v) is 9.13. The second kappa shape index (κ2) is 8.13. The number of benzene rings is 1. The molecule has 1 aliphatic rings. The maximum absolute atomic E-state index is 13.0. The van der Waals surface area contributed by atoms with Crippen molar-refractivity contribution < 1.29 is 9.90 Å². The first-order chi connectivity index (χ1) is 11.3. The van der Waals surface area contributed by atoms with Gasteiger partial charge >= 0.3 is 0 Å². The van der Waals surface area contributed by atoms with Crippen LogP contribution in [0.2, 0.25) is 0 Å². The number of carbonyl (C=O) groups excluding carboxylic acids is 1. The van der Waals surface area contributed by atoms with Crippen LogP contribution in [0.15, 0.2) is 30.3 Å². The third-order valence-corrected chi connectivity index (χ3v) is 4.79. The van der Waals surface area contributed by atoms with Gasteiger partial charge in [-0.2, -0.15) is 0 Å². The number of piperidine rings is 1. The number of rotatable bonds is 6. The van der Waals surface area contributed by atoms with Gasteiger partial charge in [-0.05, 0) is 44.6 Å². The molecule has 1 heterocycles. The van der Waals surface area contributed by atoms with Gasteiger partial charge in [-0.3, -0.25) is 10.1 Å². The molecule has 4 heteroatoms. The average Bonchev–Trinajstić information content (AvgIpc) is 2.55. The summed E-state index contributed by atoms with van der Waals surface area (Å²) < 4.78 is 0. The number of amides is 1. The van der Waals surface area contributed by atoms with Crippen LogP contribution in [0.4, 0.5) is 0 Å². The van der Waals surface area contributed by atoms with Gasteiger partial charge in [0.15, 0.2) is 0 Å². The predicted octanol–water partition coefficient (Wildman–Crippen LogP) is 3.13. The van der Waals surface area contributed by atoms with E-state index in [0.29, 0.717) is 0 Å². The standard InChI is InChI=1S/C20H32N2O2/c1-15(2)17(19(23)22-13-9-6-10-14-22)21-18(20(3,4)24)16-11-7-5-8-12-16/h5,7-8,11-12,15,17-18,21,24H,6,9-10,13-14H2,1-4H3/t17-,18+/m0/s1. The van der Waals surface area contributed by atoms with Crippen molar-refractivity contribution in [3.05, 3.63) is 35.9 Å². The van der Waals surface area contributed by atoms with E-state index >= 15 is 0 Å². The van der Waals surface area contributed by atoms with Crippen LogP contribution in [0.5, 0.6) is 0 Å². The summed E-state index contributed by atoms with van der Waals surface area (Å²) in [5, 5.41) is 14.1. The molecule has 0 spiro atoms. The SMILES string of the molecule is CC(C)[C@H](N[C@H](c1ccccc1)C(C)(C)O)C(=O)N1CCCCC1. The Morgan fingerprint density at radius 3 is 2.21 bits per heavy atom. The van der Waals surface area contributed by atoms with Crippen molar-refractivity contribution in [2.75, 3.05) is 13.1 Å². The Balaban J connectivity index is 2.21.